The van der Waals surface area contributed by atoms with E-state index in [0.717, 1.165) is 23.2 Å². The molecule has 1 aliphatic rings. The minimum Gasteiger partial charge on any atom is -0.495 e. The number of aromatic nitrogens is 3. The lowest BCUT2D eigenvalue weighted by Gasteiger charge is -2.29. The fourth-order valence-corrected chi connectivity index (χ4v) is 5.49. The lowest BCUT2D eigenvalue weighted by atomic mass is 10.0. The van der Waals surface area contributed by atoms with Crippen molar-refractivity contribution in [3.63, 3.8) is 0 Å². The molecule has 0 radical (unpaired) electrons. The number of pyridine rings is 2. The number of hydrogen-bond donors (Lipinski definition) is 2. The first kappa shape index (κ1) is 24.7. The van der Waals surface area contributed by atoms with E-state index in [4.69, 9.17) is 17.0 Å². The van der Waals surface area contributed by atoms with Crippen molar-refractivity contribution in [1.82, 2.24) is 19.9 Å². The summed E-state index contributed by atoms with van der Waals surface area (Å²) in [6.07, 6.45) is 8.50. The first-order chi connectivity index (χ1) is 17.8. The van der Waals surface area contributed by atoms with Gasteiger partial charge in [-0.05, 0) is 66.3 Å². The second-order valence-electron chi connectivity index (χ2n) is 8.68. The second-order valence-corrected chi connectivity index (χ2v) is 10.8. The standard InChI is InChI=1S/C26H26N6O3S2/c1-35-23-11-10-19(15-21(23)30-37(2,33)34)32-25(24(29-26(32)36)20-8-3-4-13-28-20)22-9-6-14-31(22)17-18-7-5-12-27-16-18/h3-16,24-25,30H,17H2,1-2H3,(H,29,36). The van der Waals surface area contributed by atoms with Crippen LogP contribution in [0.5, 0.6) is 5.75 Å². The molecule has 1 aliphatic heterocycles. The quantitative estimate of drug-likeness (QED) is 0.329. The largest absolute Gasteiger partial charge is 0.495 e. The average molecular weight is 535 g/mol. The van der Waals surface area contributed by atoms with Gasteiger partial charge in [0.1, 0.15) is 11.8 Å². The van der Waals surface area contributed by atoms with Gasteiger partial charge < -0.3 is 19.5 Å². The van der Waals surface area contributed by atoms with E-state index in [1.54, 1.807) is 24.5 Å². The van der Waals surface area contributed by atoms with Crippen LogP contribution in [0, 0.1) is 0 Å². The molecule has 0 aliphatic carbocycles. The number of hydrogen-bond acceptors (Lipinski definition) is 6. The number of nitrogens with one attached hydrogen (secondary N) is 2. The van der Waals surface area contributed by atoms with E-state index < -0.39 is 10.0 Å². The fourth-order valence-electron chi connectivity index (χ4n) is 4.59. The highest BCUT2D eigenvalue weighted by Crippen LogP contribution is 2.43. The molecule has 37 heavy (non-hydrogen) atoms. The summed E-state index contributed by atoms with van der Waals surface area (Å²) in [5.41, 5.74) is 3.96. The molecule has 11 heteroatoms. The van der Waals surface area contributed by atoms with Crippen LogP contribution in [-0.2, 0) is 16.6 Å². The fraction of sp³-hybridized carbons (Fsp3) is 0.192. The number of anilines is 2. The van der Waals surface area contributed by atoms with Gasteiger partial charge in [0, 0.05) is 42.7 Å². The average Bonchev–Trinajstić information content (AvgIpc) is 3.47. The van der Waals surface area contributed by atoms with Crippen LogP contribution in [0.3, 0.4) is 0 Å². The van der Waals surface area contributed by atoms with Crippen LogP contribution < -0.4 is 19.7 Å². The van der Waals surface area contributed by atoms with E-state index in [0.29, 0.717) is 28.8 Å². The van der Waals surface area contributed by atoms with Crippen LogP contribution in [0.4, 0.5) is 11.4 Å². The number of rotatable bonds is 8. The molecule has 1 fully saturated rings. The lowest BCUT2D eigenvalue weighted by Crippen LogP contribution is -2.30. The van der Waals surface area contributed by atoms with Gasteiger partial charge in [-0.15, -0.1) is 0 Å². The molecule has 190 valence electrons. The highest BCUT2D eigenvalue weighted by atomic mass is 32.2. The minimum absolute atomic E-state index is 0.246. The van der Waals surface area contributed by atoms with E-state index in [2.05, 4.69) is 30.6 Å². The molecule has 2 unspecified atom stereocenters. The predicted octanol–water partition coefficient (Wildman–Crippen LogP) is 3.88. The van der Waals surface area contributed by atoms with Gasteiger partial charge in [-0.1, -0.05) is 12.1 Å². The van der Waals surface area contributed by atoms with Gasteiger partial charge in [0.25, 0.3) is 0 Å². The van der Waals surface area contributed by atoms with Crippen molar-refractivity contribution < 1.29 is 13.2 Å². The lowest BCUT2D eigenvalue weighted by molar-refractivity contribution is 0.417. The van der Waals surface area contributed by atoms with Crippen molar-refractivity contribution in [2.75, 3.05) is 23.0 Å². The zero-order valence-electron chi connectivity index (χ0n) is 20.3. The van der Waals surface area contributed by atoms with E-state index in [1.165, 1.54) is 7.11 Å². The Balaban J connectivity index is 1.62. The molecule has 0 bridgehead atoms. The van der Waals surface area contributed by atoms with Gasteiger partial charge in [-0.3, -0.25) is 14.7 Å². The molecular weight excluding hydrogens is 508 g/mol. The third-order valence-electron chi connectivity index (χ3n) is 6.10. The summed E-state index contributed by atoms with van der Waals surface area (Å²) in [5, 5.41) is 3.95. The normalized spacial score (nSPS) is 17.5. The Morgan fingerprint density at radius 3 is 2.68 bits per heavy atom. The molecule has 0 saturated carbocycles. The Kier molecular flexibility index (Phi) is 6.81. The molecule has 4 heterocycles. The van der Waals surface area contributed by atoms with E-state index in [-0.39, 0.29) is 12.1 Å². The molecule has 3 aromatic heterocycles. The van der Waals surface area contributed by atoms with Crippen molar-refractivity contribution in [1.29, 1.82) is 0 Å². The summed E-state index contributed by atoms with van der Waals surface area (Å²) < 4.78 is 34.2. The first-order valence-electron chi connectivity index (χ1n) is 11.5. The van der Waals surface area contributed by atoms with Gasteiger partial charge in [0.05, 0.1) is 30.8 Å². The minimum atomic E-state index is -3.53. The third-order valence-corrected chi connectivity index (χ3v) is 7.00. The molecule has 0 amide bonds. The zero-order valence-corrected chi connectivity index (χ0v) is 21.9. The van der Waals surface area contributed by atoms with Crippen LogP contribution in [0.25, 0.3) is 0 Å². The highest BCUT2D eigenvalue weighted by Gasteiger charge is 2.42. The van der Waals surface area contributed by atoms with Gasteiger partial charge in [0.2, 0.25) is 10.0 Å². The van der Waals surface area contributed by atoms with Crippen LogP contribution in [0.15, 0.2) is 85.5 Å². The number of nitrogens with zero attached hydrogens (tertiary/aromatic N) is 4. The Bertz CT molecular complexity index is 1510. The zero-order chi connectivity index (χ0) is 26.0. The maximum absolute atomic E-state index is 12.0. The van der Waals surface area contributed by atoms with Crippen molar-refractivity contribution in [2.45, 2.75) is 18.6 Å². The molecule has 0 spiro atoms. The maximum atomic E-state index is 12.0. The maximum Gasteiger partial charge on any atom is 0.229 e. The molecule has 5 rings (SSSR count). The molecular formula is C26H26N6O3S2. The molecule has 9 nitrogen and oxygen atoms in total. The first-order valence-corrected chi connectivity index (χ1v) is 13.8. The highest BCUT2D eigenvalue weighted by molar-refractivity contribution is 7.92. The number of thiocarbonyl (C=S) groups is 1. The Labute approximate surface area is 221 Å². The van der Waals surface area contributed by atoms with Crippen LogP contribution in [0.1, 0.15) is 29.0 Å². The van der Waals surface area contributed by atoms with Crippen molar-refractivity contribution in [2.24, 2.45) is 0 Å². The van der Waals surface area contributed by atoms with Crippen molar-refractivity contribution in [3.05, 3.63) is 102 Å². The summed E-state index contributed by atoms with van der Waals surface area (Å²) in [7, 11) is -2.04. The van der Waals surface area contributed by atoms with Crippen LogP contribution in [-0.4, -0.2) is 41.4 Å². The third kappa shape index (κ3) is 5.27. The Morgan fingerprint density at radius 1 is 1.11 bits per heavy atom. The van der Waals surface area contributed by atoms with Crippen molar-refractivity contribution >= 4 is 38.7 Å². The van der Waals surface area contributed by atoms with Gasteiger partial charge in [-0.2, -0.15) is 0 Å². The molecule has 1 saturated heterocycles. The summed E-state index contributed by atoms with van der Waals surface area (Å²) in [4.78, 5) is 10.9. The molecule has 1 aromatic carbocycles. The summed E-state index contributed by atoms with van der Waals surface area (Å²) in [5.74, 6) is 0.407. The number of methoxy groups -OCH3 is 1. The monoisotopic (exact) mass is 534 g/mol. The summed E-state index contributed by atoms with van der Waals surface area (Å²) in [6.45, 7) is 0.631. The van der Waals surface area contributed by atoms with Gasteiger partial charge in [0.15, 0.2) is 5.11 Å². The Morgan fingerprint density at radius 2 is 1.97 bits per heavy atom. The second kappa shape index (κ2) is 10.2. The van der Waals surface area contributed by atoms with E-state index >= 15 is 0 Å². The number of benzene rings is 1. The van der Waals surface area contributed by atoms with Crippen LogP contribution in [0.2, 0.25) is 0 Å². The summed E-state index contributed by atoms with van der Waals surface area (Å²) >= 11 is 5.84. The molecule has 2 N–H and O–H groups in total. The smallest absolute Gasteiger partial charge is 0.229 e. The SMILES string of the molecule is COc1ccc(N2C(=S)NC(c3ccccn3)C2c2cccn2Cc2cccnc2)cc1NS(C)(=O)=O. The topological polar surface area (TPSA) is 101 Å². The predicted molar refractivity (Wildman–Crippen MR) is 147 cm³/mol. The molecule has 4 aromatic rings. The van der Waals surface area contributed by atoms with Gasteiger partial charge >= 0.3 is 0 Å². The van der Waals surface area contributed by atoms with Crippen LogP contribution >= 0.6 is 12.2 Å². The summed E-state index contributed by atoms with van der Waals surface area (Å²) in [6, 6.07) is 18.6. The number of sulfonamides is 1. The molecule has 2 atom stereocenters. The van der Waals surface area contributed by atoms with E-state index in [1.807, 2.05) is 59.8 Å². The van der Waals surface area contributed by atoms with Gasteiger partial charge in [-0.25, -0.2) is 8.42 Å². The van der Waals surface area contributed by atoms with E-state index in [9.17, 15) is 8.42 Å². The number of ether oxygens (including phenoxy) is 1. The van der Waals surface area contributed by atoms with Crippen molar-refractivity contribution in [3.8, 4) is 5.75 Å². The Hall–Kier alpha value is -3.96.